The number of allylic oxidation sites excluding steroid dienone is 4. The van der Waals surface area contributed by atoms with E-state index in [4.69, 9.17) is 0 Å². The Morgan fingerprint density at radius 1 is 0.708 bits per heavy atom. The molecule has 1 aromatic rings. The molecule has 5 atom stereocenters. The average Bonchev–Trinajstić information content (AvgIpc) is 3.26. The second kappa shape index (κ2) is 6.02. The third-order valence-corrected chi connectivity index (χ3v) is 14.0. The van der Waals surface area contributed by atoms with Crippen molar-refractivity contribution in [1.29, 1.82) is 0 Å². The fraction of sp³-hybridized carbons (Fsp3) is 0.565. The zero-order valence-corrected chi connectivity index (χ0v) is 15.7. The summed E-state index contributed by atoms with van der Waals surface area (Å²) in [6.07, 6.45) is 18.9. The van der Waals surface area contributed by atoms with Gasteiger partial charge in [0.25, 0.3) is 0 Å². The van der Waals surface area contributed by atoms with E-state index >= 15 is 0 Å². The second-order valence-corrected chi connectivity index (χ2v) is 13.3. The molecule has 0 amide bonds. The molecular weight excluding hydrogens is 304 g/mol. The second-order valence-electron chi connectivity index (χ2n) is 8.79. The van der Waals surface area contributed by atoms with E-state index in [9.17, 15) is 0 Å². The number of fused-ring (bicyclic) bond motifs is 3. The Morgan fingerprint density at radius 3 is 2.12 bits per heavy atom. The first-order valence-electron chi connectivity index (χ1n) is 10.3. The maximum absolute atomic E-state index is 2.63. The van der Waals surface area contributed by atoms with Crippen molar-refractivity contribution in [1.82, 2.24) is 0 Å². The van der Waals surface area contributed by atoms with E-state index < -0.39 is 8.07 Å². The molecule has 1 aromatic carbocycles. The van der Waals surface area contributed by atoms with E-state index in [0.29, 0.717) is 0 Å². The minimum atomic E-state index is -1.38. The topological polar surface area (TPSA) is 0 Å². The molecule has 5 rings (SSSR count). The zero-order valence-electron chi connectivity index (χ0n) is 14.7. The minimum absolute atomic E-state index is 0.855. The maximum Gasteiger partial charge on any atom is 0.0906 e. The Hall–Kier alpha value is -1.08. The van der Waals surface area contributed by atoms with Gasteiger partial charge in [0.15, 0.2) is 0 Å². The Kier molecular flexibility index (Phi) is 3.81. The first kappa shape index (κ1) is 15.2. The van der Waals surface area contributed by atoms with Gasteiger partial charge in [0.1, 0.15) is 0 Å². The summed E-state index contributed by atoms with van der Waals surface area (Å²) < 4.78 is 0. The van der Waals surface area contributed by atoms with E-state index in [1.165, 1.54) is 38.5 Å². The molecule has 1 heterocycles. The van der Waals surface area contributed by atoms with Gasteiger partial charge in [-0.05, 0) is 35.6 Å². The molecule has 0 radical (unpaired) electrons. The highest BCUT2D eigenvalue weighted by atomic mass is 28.3. The number of hydrogen-bond acceptors (Lipinski definition) is 0. The van der Waals surface area contributed by atoms with Crippen LogP contribution in [0.1, 0.15) is 38.5 Å². The first-order chi connectivity index (χ1) is 11.9. The number of hydrogen-bond donors (Lipinski definition) is 0. The van der Waals surface area contributed by atoms with Crippen molar-refractivity contribution in [3.63, 3.8) is 0 Å². The van der Waals surface area contributed by atoms with Crippen LogP contribution in [0.3, 0.4) is 0 Å². The van der Waals surface area contributed by atoms with Crippen molar-refractivity contribution >= 4 is 13.3 Å². The van der Waals surface area contributed by atoms with E-state index in [2.05, 4.69) is 54.6 Å². The van der Waals surface area contributed by atoms with E-state index in [0.717, 1.165) is 29.2 Å². The molecule has 3 aliphatic carbocycles. The lowest BCUT2D eigenvalue weighted by Crippen LogP contribution is -2.52. The Balaban J connectivity index is 1.62. The molecule has 5 unspecified atom stereocenters. The molecule has 126 valence electrons. The molecule has 1 saturated heterocycles. The number of benzene rings is 1. The molecule has 3 fully saturated rings. The van der Waals surface area contributed by atoms with Crippen LogP contribution in [-0.4, -0.2) is 8.07 Å². The lowest BCUT2D eigenvalue weighted by atomic mass is 9.77. The molecule has 1 aliphatic heterocycles. The third-order valence-electron chi connectivity index (χ3n) is 7.95. The molecule has 2 saturated carbocycles. The maximum atomic E-state index is 2.63. The molecular formula is C23H30Si. The Labute approximate surface area is 148 Å². The van der Waals surface area contributed by atoms with Crippen LogP contribution in [0, 0.1) is 23.7 Å². The molecule has 0 nitrogen and oxygen atoms in total. The zero-order chi connectivity index (χ0) is 16.0. The van der Waals surface area contributed by atoms with E-state index in [1.54, 1.807) is 17.3 Å². The van der Waals surface area contributed by atoms with Gasteiger partial charge >= 0.3 is 0 Å². The Bertz CT molecular complexity index is 637. The van der Waals surface area contributed by atoms with Gasteiger partial charge in [-0.1, -0.05) is 104 Å². The van der Waals surface area contributed by atoms with Crippen LogP contribution >= 0.6 is 0 Å². The molecule has 0 spiro atoms. The van der Waals surface area contributed by atoms with Gasteiger partial charge in [0.05, 0.1) is 8.07 Å². The van der Waals surface area contributed by atoms with Crippen molar-refractivity contribution in [2.75, 3.05) is 0 Å². The largest absolute Gasteiger partial charge is 0.0906 e. The lowest BCUT2D eigenvalue weighted by molar-refractivity contribution is 0.247. The van der Waals surface area contributed by atoms with Crippen LogP contribution in [0.4, 0.5) is 0 Å². The highest BCUT2D eigenvalue weighted by Gasteiger charge is 2.58. The van der Waals surface area contributed by atoms with Crippen LogP contribution in [-0.2, 0) is 0 Å². The van der Waals surface area contributed by atoms with Gasteiger partial charge in [0, 0.05) is 0 Å². The summed E-state index contributed by atoms with van der Waals surface area (Å²) in [6, 6.07) is 15.0. The van der Waals surface area contributed by atoms with Gasteiger partial charge in [-0.25, -0.2) is 0 Å². The fourth-order valence-electron chi connectivity index (χ4n) is 7.19. The molecule has 24 heavy (non-hydrogen) atoms. The molecule has 0 aromatic heterocycles. The average molecular weight is 335 g/mol. The standard InChI is InChI=1S/C23H30Si/c1-2-10-18(11-3-1)24(16-8-9-17-24)23-21-14-6-4-12-19(21)20-13-5-7-15-22(20)23/h1-4,6,10-12,14,19-23H,5,7-9,13,15-17H2. The van der Waals surface area contributed by atoms with Crippen molar-refractivity contribution in [3.8, 4) is 0 Å². The van der Waals surface area contributed by atoms with Crippen molar-refractivity contribution in [3.05, 3.63) is 54.6 Å². The SMILES string of the molecule is C1=CC2C(C=C1)C([Si]1(c3ccccc3)CCCC1)C1CCCCC21. The van der Waals surface area contributed by atoms with Gasteiger partial charge in [-0.15, -0.1) is 0 Å². The van der Waals surface area contributed by atoms with Crippen LogP contribution in [0.15, 0.2) is 54.6 Å². The Morgan fingerprint density at radius 2 is 1.38 bits per heavy atom. The summed E-state index contributed by atoms with van der Waals surface area (Å²) in [6.45, 7) is 0. The van der Waals surface area contributed by atoms with Gasteiger partial charge in [-0.2, -0.15) is 0 Å². The highest BCUT2D eigenvalue weighted by Crippen LogP contribution is 2.62. The summed E-state index contributed by atoms with van der Waals surface area (Å²) in [5, 5.41) is 1.79. The van der Waals surface area contributed by atoms with Gasteiger partial charge in [-0.3, -0.25) is 0 Å². The summed E-state index contributed by atoms with van der Waals surface area (Å²) in [5.74, 6) is 3.72. The van der Waals surface area contributed by atoms with Crippen LogP contribution < -0.4 is 5.19 Å². The summed E-state index contributed by atoms with van der Waals surface area (Å²) in [4.78, 5) is 0. The van der Waals surface area contributed by atoms with E-state index in [-0.39, 0.29) is 0 Å². The lowest BCUT2D eigenvalue weighted by Gasteiger charge is -2.42. The third kappa shape index (κ3) is 2.16. The summed E-state index contributed by atoms with van der Waals surface area (Å²) >= 11 is 0. The predicted molar refractivity (Wildman–Crippen MR) is 105 cm³/mol. The van der Waals surface area contributed by atoms with E-state index in [1.807, 2.05) is 0 Å². The minimum Gasteiger partial charge on any atom is -0.0808 e. The first-order valence-corrected chi connectivity index (χ1v) is 12.8. The quantitative estimate of drug-likeness (QED) is 0.610. The number of rotatable bonds is 2. The predicted octanol–water partition coefficient (Wildman–Crippen LogP) is 5.68. The normalized spacial score (nSPS) is 39.6. The monoisotopic (exact) mass is 334 g/mol. The molecule has 4 aliphatic rings. The molecule has 0 N–H and O–H groups in total. The smallest absolute Gasteiger partial charge is 0.0808 e. The fourth-order valence-corrected chi connectivity index (χ4v) is 14.0. The highest BCUT2D eigenvalue weighted by molar-refractivity contribution is 6.93. The van der Waals surface area contributed by atoms with Crippen molar-refractivity contribution in [2.24, 2.45) is 23.7 Å². The van der Waals surface area contributed by atoms with Crippen LogP contribution in [0.25, 0.3) is 0 Å². The molecule has 0 bridgehead atoms. The van der Waals surface area contributed by atoms with Crippen LogP contribution in [0.2, 0.25) is 17.6 Å². The summed E-state index contributed by atoms with van der Waals surface area (Å²) in [5.41, 5.74) is 1.01. The van der Waals surface area contributed by atoms with Gasteiger partial charge in [0.2, 0.25) is 0 Å². The van der Waals surface area contributed by atoms with Gasteiger partial charge < -0.3 is 0 Å². The van der Waals surface area contributed by atoms with Crippen LogP contribution in [0.5, 0.6) is 0 Å². The van der Waals surface area contributed by atoms with Crippen molar-refractivity contribution < 1.29 is 0 Å². The van der Waals surface area contributed by atoms with Crippen molar-refractivity contribution in [2.45, 2.75) is 56.2 Å². The molecule has 1 heteroatoms. The summed E-state index contributed by atoms with van der Waals surface area (Å²) in [7, 11) is -1.38.